The van der Waals surface area contributed by atoms with Crippen molar-refractivity contribution in [2.75, 3.05) is 23.8 Å². The summed E-state index contributed by atoms with van der Waals surface area (Å²) in [4.78, 5) is 6.86. The Morgan fingerprint density at radius 2 is 2.29 bits per heavy atom. The van der Waals surface area contributed by atoms with Crippen LogP contribution in [0.1, 0.15) is 17.7 Å². The zero-order valence-electron chi connectivity index (χ0n) is 8.46. The molecule has 1 aliphatic carbocycles. The number of alkyl halides is 1. The van der Waals surface area contributed by atoms with E-state index in [1.807, 2.05) is 0 Å². The molecule has 1 aromatic rings. The summed E-state index contributed by atoms with van der Waals surface area (Å²) in [5.74, 6) is 1.10. The van der Waals surface area contributed by atoms with Crippen molar-refractivity contribution in [3.8, 4) is 0 Å². The van der Waals surface area contributed by atoms with E-state index in [2.05, 4.69) is 45.0 Å². The van der Waals surface area contributed by atoms with Gasteiger partial charge in [0, 0.05) is 24.6 Å². The molecule has 0 atom stereocenters. The van der Waals surface area contributed by atoms with Crippen LogP contribution in [0, 0.1) is 0 Å². The highest BCUT2D eigenvalue weighted by molar-refractivity contribution is 9.09. The number of fused-ring (bicyclic) bond motifs is 1. The Balaban J connectivity index is 2.19. The van der Waals surface area contributed by atoms with Crippen LogP contribution in [0.3, 0.4) is 0 Å². The van der Waals surface area contributed by atoms with Gasteiger partial charge in [0.05, 0.1) is 0 Å². The number of halogens is 1. The molecule has 0 aromatic carbocycles. The van der Waals surface area contributed by atoms with Gasteiger partial charge in [-0.25, -0.2) is 4.98 Å². The van der Waals surface area contributed by atoms with Gasteiger partial charge in [-0.15, -0.1) is 0 Å². The second-order valence-corrected chi connectivity index (χ2v) is 4.53. The highest BCUT2D eigenvalue weighted by atomic mass is 79.9. The SMILES string of the molecule is CN(CCBr)c1ccc2c(n1)CCC2. The van der Waals surface area contributed by atoms with Gasteiger partial charge in [0.1, 0.15) is 5.82 Å². The van der Waals surface area contributed by atoms with Crippen LogP contribution >= 0.6 is 15.9 Å². The number of aryl methyl sites for hydroxylation is 2. The van der Waals surface area contributed by atoms with Gasteiger partial charge in [-0.3, -0.25) is 0 Å². The Bertz CT molecular complexity index is 325. The summed E-state index contributed by atoms with van der Waals surface area (Å²) in [5.41, 5.74) is 2.75. The standard InChI is InChI=1S/C11H15BrN2/c1-14(8-7-12)11-6-5-9-3-2-4-10(9)13-11/h5-6H,2-4,7-8H2,1H3. The highest BCUT2D eigenvalue weighted by Crippen LogP contribution is 2.22. The van der Waals surface area contributed by atoms with Crippen molar-refractivity contribution in [3.05, 3.63) is 23.4 Å². The summed E-state index contributed by atoms with van der Waals surface area (Å²) in [5, 5.41) is 0.988. The molecule has 1 aromatic heterocycles. The minimum Gasteiger partial charge on any atom is -0.359 e. The second-order valence-electron chi connectivity index (χ2n) is 3.74. The molecule has 0 fully saturated rings. The zero-order valence-corrected chi connectivity index (χ0v) is 10.0. The van der Waals surface area contributed by atoms with Crippen LogP contribution in [0.5, 0.6) is 0 Å². The topological polar surface area (TPSA) is 16.1 Å². The lowest BCUT2D eigenvalue weighted by molar-refractivity contribution is 0.890. The van der Waals surface area contributed by atoms with Crippen LogP contribution in [-0.2, 0) is 12.8 Å². The van der Waals surface area contributed by atoms with Crippen LogP contribution < -0.4 is 4.90 Å². The van der Waals surface area contributed by atoms with Crippen LogP contribution in [0.25, 0.3) is 0 Å². The minimum atomic E-state index is 0.988. The third-order valence-electron chi connectivity index (χ3n) is 2.72. The Labute approximate surface area is 93.5 Å². The zero-order chi connectivity index (χ0) is 9.97. The normalized spacial score (nSPS) is 14.1. The maximum atomic E-state index is 4.68. The van der Waals surface area contributed by atoms with Crippen LogP contribution in [0.2, 0.25) is 0 Å². The van der Waals surface area contributed by atoms with Crippen molar-refractivity contribution < 1.29 is 0 Å². The predicted molar refractivity (Wildman–Crippen MR) is 63.3 cm³/mol. The Morgan fingerprint density at radius 3 is 3.07 bits per heavy atom. The number of rotatable bonds is 3. The first kappa shape index (κ1) is 9.97. The van der Waals surface area contributed by atoms with Crippen molar-refractivity contribution >= 4 is 21.7 Å². The fourth-order valence-corrected chi connectivity index (χ4v) is 2.39. The molecule has 76 valence electrons. The van der Waals surface area contributed by atoms with E-state index in [-0.39, 0.29) is 0 Å². The molecule has 14 heavy (non-hydrogen) atoms. The number of aromatic nitrogens is 1. The number of nitrogens with zero attached hydrogens (tertiary/aromatic N) is 2. The largest absolute Gasteiger partial charge is 0.359 e. The summed E-state index contributed by atoms with van der Waals surface area (Å²) in [6.45, 7) is 1.01. The molecule has 0 spiro atoms. The fourth-order valence-electron chi connectivity index (χ4n) is 1.86. The minimum absolute atomic E-state index is 0.988. The first-order chi connectivity index (χ1) is 6.81. The Hall–Kier alpha value is -0.570. The lowest BCUT2D eigenvalue weighted by atomic mass is 10.2. The van der Waals surface area contributed by atoms with Crippen molar-refractivity contribution in [2.45, 2.75) is 19.3 Å². The van der Waals surface area contributed by atoms with Gasteiger partial charge < -0.3 is 4.90 Å². The average molecular weight is 255 g/mol. The average Bonchev–Trinajstić information content (AvgIpc) is 2.64. The van der Waals surface area contributed by atoms with Crippen LogP contribution in [-0.4, -0.2) is 23.9 Å². The summed E-state index contributed by atoms with van der Waals surface area (Å²) >= 11 is 3.44. The summed E-state index contributed by atoms with van der Waals surface area (Å²) in [6.07, 6.45) is 3.64. The molecule has 0 radical (unpaired) electrons. The smallest absolute Gasteiger partial charge is 0.128 e. The van der Waals surface area contributed by atoms with Gasteiger partial charge in [-0.05, 0) is 30.9 Å². The van der Waals surface area contributed by atoms with Gasteiger partial charge in [0.25, 0.3) is 0 Å². The van der Waals surface area contributed by atoms with Gasteiger partial charge in [0.15, 0.2) is 0 Å². The van der Waals surface area contributed by atoms with E-state index in [0.717, 1.165) is 24.1 Å². The Morgan fingerprint density at radius 1 is 1.43 bits per heavy atom. The molecule has 2 nitrogen and oxygen atoms in total. The van der Waals surface area contributed by atoms with E-state index in [4.69, 9.17) is 0 Å². The van der Waals surface area contributed by atoms with E-state index < -0.39 is 0 Å². The quantitative estimate of drug-likeness (QED) is 0.771. The maximum Gasteiger partial charge on any atom is 0.128 e. The van der Waals surface area contributed by atoms with Crippen LogP contribution in [0.15, 0.2) is 12.1 Å². The van der Waals surface area contributed by atoms with Gasteiger partial charge >= 0.3 is 0 Å². The second kappa shape index (κ2) is 4.30. The molecule has 0 aliphatic heterocycles. The highest BCUT2D eigenvalue weighted by Gasteiger charge is 2.13. The number of hydrogen-bond acceptors (Lipinski definition) is 2. The fraction of sp³-hybridized carbons (Fsp3) is 0.545. The summed E-state index contributed by atoms with van der Waals surface area (Å²) in [6, 6.07) is 4.36. The lowest BCUT2D eigenvalue weighted by Gasteiger charge is -2.17. The molecular weight excluding hydrogens is 240 g/mol. The summed E-state index contributed by atoms with van der Waals surface area (Å²) < 4.78 is 0. The Kier molecular flexibility index (Phi) is 3.06. The van der Waals surface area contributed by atoms with Crippen LogP contribution in [0.4, 0.5) is 5.82 Å². The van der Waals surface area contributed by atoms with Crippen molar-refractivity contribution in [2.24, 2.45) is 0 Å². The third kappa shape index (κ3) is 1.92. The molecule has 1 aliphatic rings. The molecule has 0 saturated carbocycles. The lowest BCUT2D eigenvalue weighted by Crippen LogP contribution is -2.20. The first-order valence-electron chi connectivity index (χ1n) is 5.07. The number of hydrogen-bond donors (Lipinski definition) is 0. The van der Waals surface area contributed by atoms with Crippen molar-refractivity contribution in [1.29, 1.82) is 0 Å². The van der Waals surface area contributed by atoms with Crippen molar-refractivity contribution in [3.63, 3.8) is 0 Å². The predicted octanol–water partition coefficient (Wildman–Crippen LogP) is 2.40. The van der Waals surface area contributed by atoms with E-state index in [1.165, 1.54) is 24.1 Å². The van der Waals surface area contributed by atoms with Crippen molar-refractivity contribution in [1.82, 2.24) is 4.98 Å². The third-order valence-corrected chi connectivity index (χ3v) is 3.08. The van der Waals surface area contributed by atoms with Gasteiger partial charge in [-0.2, -0.15) is 0 Å². The summed E-state index contributed by atoms with van der Waals surface area (Å²) in [7, 11) is 2.09. The molecule has 2 rings (SSSR count). The molecular formula is C11H15BrN2. The van der Waals surface area contributed by atoms with E-state index >= 15 is 0 Å². The molecule has 0 N–H and O–H groups in total. The number of anilines is 1. The molecule has 1 heterocycles. The van der Waals surface area contributed by atoms with Gasteiger partial charge in [-0.1, -0.05) is 22.0 Å². The van der Waals surface area contributed by atoms with E-state index in [0.29, 0.717) is 0 Å². The number of pyridine rings is 1. The molecule has 0 saturated heterocycles. The van der Waals surface area contributed by atoms with E-state index in [9.17, 15) is 0 Å². The van der Waals surface area contributed by atoms with Gasteiger partial charge in [0.2, 0.25) is 0 Å². The molecule has 3 heteroatoms. The monoisotopic (exact) mass is 254 g/mol. The molecule has 0 bridgehead atoms. The molecule has 0 unspecified atom stereocenters. The van der Waals surface area contributed by atoms with E-state index in [1.54, 1.807) is 0 Å². The first-order valence-corrected chi connectivity index (χ1v) is 6.19. The maximum absolute atomic E-state index is 4.68. The molecule has 0 amide bonds.